The van der Waals surface area contributed by atoms with Crippen molar-refractivity contribution < 1.29 is 28.2 Å². The number of β-amino-alcohol motifs (C(OH)–C–C–N with tert-alkyl or cyclic N) is 1. The Hall–Kier alpha value is -2.26. The normalized spacial score (nSPS) is 20.7. The highest BCUT2D eigenvalue weighted by atomic mass is 19.3. The van der Waals surface area contributed by atoms with Crippen LogP contribution in [0.15, 0.2) is 24.3 Å². The van der Waals surface area contributed by atoms with Gasteiger partial charge in [-0.25, -0.2) is 0 Å². The Labute approximate surface area is 150 Å². The number of carbonyl (C=O) groups excluding carboxylic acids is 2. The van der Waals surface area contributed by atoms with Gasteiger partial charge in [-0.3, -0.25) is 14.5 Å². The smallest absolute Gasteiger partial charge is 0.387 e. The molecule has 0 aliphatic carbocycles. The molecule has 0 saturated carbocycles. The van der Waals surface area contributed by atoms with E-state index in [1.165, 1.54) is 23.1 Å². The average molecular weight is 371 g/mol. The maximum Gasteiger partial charge on any atom is 0.387 e. The number of benzene rings is 1. The first-order valence-electron chi connectivity index (χ1n) is 8.23. The lowest BCUT2D eigenvalue weighted by Gasteiger charge is -2.36. The number of halogens is 2. The zero-order valence-electron chi connectivity index (χ0n) is 14.7. The van der Waals surface area contributed by atoms with E-state index < -0.39 is 24.7 Å². The molecule has 0 radical (unpaired) electrons. The fourth-order valence-corrected chi connectivity index (χ4v) is 2.74. The lowest BCUT2D eigenvalue weighted by molar-refractivity contribution is -0.130. The van der Waals surface area contributed by atoms with Crippen LogP contribution in [0.2, 0.25) is 0 Å². The van der Waals surface area contributed by atoms with Crippen LogP contribution in [0.1, 0.15) is 16.8 Å². The number of amides is 2. The number of hydrogen-bond acceptors (Lipinski definition) is 5. The number of aliphatic hydroxyl groups is 1. The van der Waals surface area contributed by atoms with Gasteiger partial charge >= 0.3 is 6.61 Å². The molecule has 0 unspecified atom stereocenters. The first-order chi connectivity index (χ1) is 12.3. The molecular weight excluding hydrogens is 348 g/mol. The van der Waals surface area contributed by atoms with Crippen LogP contribution < -0.4 is 10.1 Å². The Kier molecular flexibility index (Phi) is 6.87. The summed E-state index contributed by atoms with van der Waals surface area (Å²) >= 11 is 0. The third-order valence-corrected chi connectivity index (χ3v) is 4.19. The fraction of sp³-hybridized carbons (Fsp3) is 0.529. The van der Waals surface area contributed by atoms with E-state index in [2.05, 4.69) is 10.1 Å². The van der Waals surface area contributed by atoms with Crippen LogP contribution in [0.3, 0.4) is 0 Å². The number of para-hydroxylation sites is 1. The van der Waals surface area contributed by atoms with Gasteiger partial charge in [0.25, 0.3) is 5.91 Å². The first-order valence-corrected chi connectivity index (χ1v) is 8.23. The lowest BCUT2D eigenvalue weighted by Crippen LogP contribution is -2.55. The first kappa shape index (κ1) is 20.1. The zero-order chi connectivity index (χ0) is 19.3. The van der Waals surface area contributed by atoms with Crippen LogP contribution in [-0.2, 0) is 4.79 Å². The van der Waals surface area contributed by atoms with E-state index in [1.807, 2.05) is 4.90 Å². The number of nitrogens with zero attached hydrogens (tertiary/aromatic N) is 2. The van der Waals surface area contributed by atoms with Crippen molar-refractivity contribution in [3.63, 3.8) is 0 Å². The molecular formula is C17H23F2N3O4. The quantitative estimate of drug-likeness (QED) is 0.763. The monoisotopic (exact) mass is 371 g/mol. The summed E-state index contributed by atoms with van der Waals surface area (Å²) in [7, 11) is 3.31. The Balaban J connectivity index is 1.96. The minimum Gasteiger partial charge on any atom is -0.434 e. The third-order valence-electron chi connectivity index (χ3n) is 4.19. The lowest BCUT2D eigenvalue weighted by atomic mass is 10.0. The second-order valence-corrected chi connectivity index (χ2v) is 6.33. The van der Waals surface area contributed by atoms with E-state index in [-0.39, 0.29) is 30.3 Å². The van der Waals surface area contributed by atoms with E-state index in [4.69, 9.17) is 0 Å². The summed E-state index contributed by atoms with van der Waals surface area (Å²) in [5, 5.41) is 12.9. The number of hydrogen-bond donors (Lipinski definition) is 2. The van der Waals surface area contributed by atoms with Gasteiger partial charge in [-0.1, -0.05) is 12.1 Å². The Bertz CT molecular complexity index is 642. The summed E-state index contributed by atoms with van der Waals surface area (Å²) in [6, 6.07) is 5.16. The fourth-order valence-electron chi connectivity index (χ4n) is 2.74. The van der Waals surface area contributed by atoms with Crippen molar-refractivity contribution in [3.05, 3.63) is 29.8 Å². The standard InChI is InChI=1S/C17H23F2N3O4/c1-21(2)15(24)10-22-8-7-12(13(23)9-22)20-16(25)11-5-3-4-6-14(11)26-17(18)19/h3-6,12-13,17,23H,7-10H2,1-2H3,(H,20,25)/t12-,13-/m1/s1. The summed E-state index contributed by atoms with van der Waals surface area (Å²) in [5.74, 6) is -0.885. The van der Waals surface area contributed by atoms with Crippen molar-refractivity contribution in [1.82, 2.24) is 15.1 Å². The molecule has 7 nitrogen and oxygen atoms in total. The third kappa shape index (κ3) is 5.37. The summed E-state index contributed by atoms with van der Waals surface area (Å²) in [6.07, 6.45) is -0.434. The molecule has 0 spiro atoms. The minimum absolute atomic E-state index is 0.0229. The van der Waals surface area contributed by atoms with Gasteiger partial charge < -0.3 is 20.1 Å². The largest absolute Gasteiger partial charge is 0.434 e. The molecule has 1 fully saturated rings. The second kappa shape index (κ2) is 8.91. The molecule has 9 heteroatoms. The number of likely N-dealkylation sites (tertiary alicyclic amines) is 1. The highest BCUT2D eigenvalue weighted by Crippen LogP contribution is 2.21. The molecule has 1 aliphatic heterocycles. The Morgan fingerprint density at radius 1 is 1.38 bits per heavy atom. The number of piperidine rings is 1. The van der Waals surface area contributed by atoms with Gasteiger partial charge in [0, 0.05) is 27.2 Å². The molecule has 2 atom stereocenters. The van der Waals surface area contributed by atoms with Gasteiger partial charge in [0.05, 0.1) is 24.3 Å². The van der Waals surface area contributed by atoms with E-state index in [0.717, 1.165) is 0 Å². The molecule has 1 heterocycles. The van der Waals surface area contributed by atoms with Crippen LogP contribution in [-0.4, -0.2) is 79.2 Å². The Morgan fingerprint density at radius 2 is 2.08 bits per heavy atom. The van der Waals surface area contributed by atoms with E-state index >= 15 is 0 Å². The van der Waals surface area contributed by atoms with E-state index in [1.54, 1.807) is 20.2 Å². The maximum atomic E-state index is 12.5. The van der Waals surface area contributed by atoms with Crippen LogP contribution in [0, 0.1) is 0 Å². The molecule has 2 rings (SSSR count). The van der Waals surface area contributed by atoms with Crippen molar-refractivity contribution in [1.29, 1.82) is 0 Å². The van der Waals surface area contributed by atoms with E-state index in [9.17, 15) is 23.5 Å². The van der Waals surface area contributed by atoms with E-state index in [0.29, 0.717) is 13.0 Å². The Morgan fingerprint density at radius 3 is 2.69 bits per heavy atom. The van der Waals surface area contributed by atoms with Gasteiger partial charge in [-0.15, -0.1) is 0 Å². The zero-order valence-corrected chi connectivity index (χ0v) is 14.7. The SMILES string of the molecule is CN(C)C(=O)CN1CC[C@@H](NC(=O)c2ccccc2OC(F)F)[C@H](O)C1. The average Bonchev–Trinajstić information content (AvgIpc) is 2.57. The van der Waals surface area contributed by atoms with Gasteiger partial charge in [0.2, 0.25) is 5.91 Å². The number of carbonyl (C=O) groups is 2. The summed E-state index contributed by atoms with van der Waals surface area (Å²) in [5.41, 5.74) is -0.0229. The summed E-state index contributed by atoms with van der Waals surface area (Å²) in [6.45, 7) is -2.08. The van der Waals surface area contributed by atoms with Crippen LogP contribution in [0.4, 0.5) is 8.78 Å². The van der Waals surface area contributed by atoms with Crippen LogP contribution in [0.25, 0.3) is 0 Å². The van der Waals surface area contributed by atoms with Crippen molar-refractivity contribution >= 4 is 11.8 Å². The second-order valence-electron chi connectivity index (χ2n) is 6.33. The molecule has 1 aliphatic rings. The van der Waals surface area contributed by atoms with Gasteiger partial charge in [-0.05, 0) is 18.6 Å². The molecule has 1 aromatic carbocycles. The maximum absolute atomic E-state index is 12.5. The molecule has 2 N–H and O–H groups in total. The molecule has 26 heavy (non-hydrogen) atoms. The topological polar surface area (TPSA) is 82.1 Å². The molecule has 1 aromatic rings. The van der Waals surface area contributed by atoms with Crippen molar-refractivity contribution in [3.8, 4) is 5.75 Å². The molecule has 1 saturated heterocycles. The minimum atomic E-state index is -3.04. The summed E-state index contributed by atoms with van der Waals surface area (Å²) < 4.78 is 29.3. The summed E-state index contributed by atoms with van der Waals surface area (Å²) in [4.78, 5) is 27.4. The van der Waals surface area contributed by atoms with Crippen LogP contribution in [0.5, 0.6) is 5.75 Å². The predicted molar refractivity (Wildman–Crippen MR) is 90.1 cm³/mol. The molecule has 0 bridgehead atoms. The highest BCUT2D eigenvalue weighted by molar-refractivity contribution is 5.97. The van der Waals surface area contributed by atoms with Crippen molar-refractivity contribution in [2.75, 3.05) is 33.7 Å². The number of alkyl halides is 2. The number of likely N-dealkylation sites (N-methyl/N-ethyl adjacent to an activating group) is 1. The van der Waals surface area contributed by atoms with Crippen molar-refractivity contribution in [2.24, 2.45) is 0 Å². The number of nitrogens with one attached hydrogen (secondary N) is 1. The predicted octanol–water partition coefficient (Wildman–Crippen LogP) is 0.541. The number of rotatable bonds is 6. The van der Waals surface area contributed by atoms with Crippen LogP contribution >= 0.6 is 0 Å². The molecule has 144 valence electrons. The van der Waals surface area contributed by atoms with Gasteiger partial charge in [-0.2, -0.15) is 8.78 Å². The van der Waals surface area contributed by atoms with Crippen molar-refractivity contribution in [2.45, 2.75) is 25.2 Å². The highest BCUT2D eigenvalue weighted by Gasteiger charge is 2.30. The van der Waals surface area contributed by atoms with Gasteiger partial charge in [0.15, 0.2) is 0 Å². The number of aliphatic hydroxyl groups excluding tert-OH is 1. The molecule has 2 amide bonds. The molecule has 0 aromatic heterocycles. The number of ether oxygens (including phenoxy) is 1. The van der Waals surface area contributed by atoms with Gasteiger partial charge in [0.1, 0.15) is 5.75 Å².